The van der Waals surface area contributed by atoms with Crippen molar-refractivity contribution in [2.45, 2.75) is 33.6 Å². The Bertz CT molecular complexity index is 413. The van der Waals surface area contributed by atoms with Gasteiger partial charge in [0.1, 0.15) is 0 Å². The predicted molar refractivity (Wildman–Crippen MR) is 67.2 cm³/mol. The summed E-state index contributed by atoms with van der Waals surface area (Å²) in [6, 6.07) is 8.47. The van der Waals surface area contributed by atoms with E-state index in [-0.39, 0.29) is 0 Å². The lowest BCUT2D eigenvalue weighted by Gasteiger charge is -2.08. The number of aromatic nitrogens is 1. The minimum absolute atomic E-state index is 0.563. The first kappa shape index (κ1) is 11.7. The van der Waals surface area contributed by atoms with E-state index in [1.165, 1.54) is 16.3 Å². The second kappa shape index (κ2) is 5.50. The maximum atomic E-state index is 4.16. The fourth-order valence-electron chi connectivity index (χ4n) is 1.64. The van der Waals surface area contributed by atoms with Gasteiger partial charge in [0, 0.05) is 17.8 Å². The highest BCUT2D eigenvalue weighted by Crippen LogP contribution is 2.23. The van der Waals surface area contributed by atoms with Crippen molar-refractivity contribution in [1.82, 2.24) is 4.98 Å². The Balaban J connectivity index is 0.000000531. The monoisotopic (exact) mass is 201 g/mol. The standard InChI is InChI=1S/C12H13N.C2H6/c1-9(2)11-5-3-4-10-6-7-13-8-12(10)11;1-2/h3-9H,1-2H3;1-2H3. The fraction of sp³-hybridized carbons (Fsp3) is 0.357. The van der Waals surface area contributed by atoms with Crippen LogP contribution in [0.5, 0.6) is 0 Å². The van der Waals surface area contributed by atoms with Gasteiger partial charge >= 0.3 is 0 Å². The summed E-state index contributed by atoms with van der Waals surface area (Å²) in [6.07, 6.45) is 3.79. The lowest BCUT2D eigenvalue weighted by molar-refractivity contribution is 0.876. The van der Waals surface area contributed by atoms with Crippen LogP contribution in [-0.4, -0.2) is 4.98 Å². The third-order valence-electron chi connectivity index (χ3n) is 2.34. The highest BCUT2D eigenvalue weighted by Gasteiger charge is 2.03. The molecule has 0 aliphatic carbocycles. The van der Waals surface area contributed by atoms with E-state index in [4.69, 9.17) is 0 Å². The largest absolute Gasteiger partial charge is 0.264 e. The highest BCUT2D eigenvalue weighted by molar-refractivity contribution is 5.85. The number of pyridine rings is 1. The van der Waals surface area contributed by atoms with Crippen LogP contribution in [0.1, 0.15) is 39.2 Å². The zero-order valence-corrected chi connectivity index (χ0v) is 9.99. The quantitative estimate of drug-likeness (QED) is 0.667. The van der Waals surface area contributed by atoms with Crippen molar-refractivity contribution in [2.24, 2.45) is 0 Å². The third-order valence-corrected chi connectivity index (χ3v) is 2.34. The molecule has 1 aromatic carbocycles. The Kier molecular flexibility index (Phi) is 4.29. The van der Waals surface area contributed by atoms with E-state index in [1.807, 2.05) is 26.2 Å². The number of hydrogen-bond donors (Lipinski definition) is 0. The van der Waals surface area contributed by atoms with Crippen LogP contribution in [0.4, 0.5) is 0 Å². The molecule has 0 radical (unpaired) electrons. The van der Waals surface area contributed by atoms with Crippen LogP contribution in [0.3, 0.4) is 0 Å². The highest BCUT2D eigenvalue weighted by atomic mass is 14.6. The Morgan fingerprint density at radius 2 is 1.80 bits per heavy atom. The van der Waals surface area contributed by atoms with E-state index < -0.39 is 0 Å². The summed E-state index contributed by atoms with van der Waals surface area (Å²) in [7, 11) is 0. The zero-order chi connectivity index (χ0) is 11.3. The summed E-state index contributed by atoms with van der Waals surface area (Å²) in [6.45, 7) is 8.42. The molecule has 2 aromatic rings. The molecule has 1 heteroatoms. The van der Waals surface area contributed by atoms with E-state index in [2.05, 4.69) is 43.1 Å². The van der Waals surface area contributed by atoms with Crippen molar-refractivity contribution in [3.05, 3.63) is 42.2 Å². The average molecular weight is 201 g/mol. The van der Waals surface area contributed by atoms with Gasteiger partial charge in [0.25, 0.3) is 0 Å². The second-order valence-electron chi connectivity index (χ2n) is 3.60. The van der Waals surface area contributed by atoms with Crippen molar-refractivity contribution in [3.63, 3.8) is 0 Å². The third kappa shape index (κ3) is 2.56. The second-order valence-corrected chi connectivity index (χ2v) is 3.60. The first-order chi connectivity index (χ1) is 7.29. The fourth-order valence-corrected chi connectivity index (χ4v) is 1.64. The minimum atomic E-state index is 0.563. The molecule has 0 aliphatic rings. The molecule has 0 aliphatic heterocycles. The van der Waals surface area contributed by atoms with Crippen molar-refractivity contribution in [1.29, 1.82) is 0 Å². The summed E-state index contributed by atoms with van der Waals surface area (Å²) in [5.74, 6) is 0.563. The topological polar surface area (TPSA) is 12.9 Å². The molecular weight excluding hydrogens is 182 g/mol. The summed E-state index contributed by atoms with van der Waals surface area (Å²) in [5.41, 5.74) is 1.38. The Hall–Kier alpha value is -1.37. The van der Waals surface area contributed by atoms with Gasteiger partial charge in [0.05, 0.1) is 0 Å². The van der Waals surface area contributed by atoms with Gasteiger partial charge in [0.15, 0.2) is 0 Å². The molecule has 0 bridgehead atoms. The molecule has 0 N–H and O–H groups in total. The SMILES string of the molecule is CC.CC(C)c1cccc2ccncc12. The number of hydrogen-bond acceptors (Lipinski definition) is 1. The van der Waals surface area contributed by atoms with Crippen molar-refractivity contribution in [3.8, 4) is 0 Å². The molecule has 0 unspecified atom stereocenters. The normalized spacial score (nSPS) is 9.93. The number of nitrogens with zero attached hydrogens (tertiary/aromatic N) is 1. The molecule has 2 rings (SSSR count). The predicted octanol–water partition coefficient (Wildman–Crippen LogP) is 4.38. The lowest BCUT2D eigenvalue weighted by Crippen LogP contribution is -1.89. The Labute approximate surface area is 92.2 Å². The average Bonchev–Trinajstić information content (AvgIpc) is 2.31. The molecule has 15 heavy (non-hydrogen) atoms. The van der Waals surface area contributed by atoms with Gasteiger partial charge < -0.3 is 0 Å². The van der Waals surface area contributed by atoms with Crippen LogP contribution >= 0.6 is 0 Å². The van der Waals surface area contributed by atoms with Crippen LogP contribution < -0.4 is 0 Å². The van der Waals surface area contributed by atoms with Crippen LogP contribution in [0.2, 0.25) is 0 Å². The van der Waals surface area contributed by atoms with E-state index in [0.717, 1.165) is 0 Å². The molecule has 1 aromatic heterocycles. The molecule has 0 saturated carbocycles. The molecular formula is C14H19N. The van der Waals surface area contributed by atoms with Crippen LogP contribution in [0.25, 0.3) is 10.8 Å². The van der Waals surface area contributed by atoms with Gasteiger partial charge in [-0.25, -0.2) is 0 Å². The summed E-state index contributed by atoms with van der Waals surface area (Å²) >= 11 is 0. The molecule has 0 atom stereocenters. The van der Waals surface area contributed by atoms with Crippen LogP contribution in [0, 0.1) is 0 Å². The minimum Gasteiger partial charge on any atom is -0.264 e. The van der Waals surface area contributed by atoms with E-state index in [0.29, 0.717) is 5.92 Å². The van der Waals surface area contributed by atoms with E-state index >= 15 is 0 Å². The van der Waals surface area contributed by atoms with Gasteiger partial charge in [-0.1, -0.05) is 45.9 Å². The molecule has 0 saturated heterocycles. The number of benzene rings is 1. The van der Waals surface area contributed by atoms with Gasteiger partial charge in [-0.2, -0.15) is 0 Å². The summed E-state index contributed by atoms with van der Waals surface area (Å²) in [4.78, 5) is 4.16. The van der Waals surface area contributed by atoms with Crippen molar-refractivity contribution >= 4 is 10.8 Å². The van der Waals surface area contributed by atoms with E-state index in [9.17, 15) is 0 Å². The summed E-state index contributed by atoms with van der Waals surface area (Å²) < 4.78 is 0. The maximum absolute atomic E-state index is 4.16. The first-order valence-electron chi connectivity index (χ1n) is 5.61. The molecule has 80 valence electrons. The first-order valence-corrected chi connectivity index (χ1v) is 5.61. The summed E-state index contributed by atoms with van der Waals surface area (Å²) in [5, 5.41) is 2.56. The van der Waals surface area contributed by atoms with Crippen LogP contribution in [0.15, 0.2) is 36.7 Å². The van der Waals surface area contributed by atoms with Gasteiger partial charge in [-0.05, 0) is 22.9 Å². The van der Waals surface area contributed by atoms with Gasteiger partial charge in [0.2, 0.25) is 0 Å². The molecule has 1 heterocycles. The lowest BCUT2D eigenvalue weighted by atomic mass is 9.98. The molecule has 0 fully saturated rings. The van der Waals surface area contributed by atoms with Gasteiger partial charge in [-0.15, -0.1) is 0 Å². The van der Waals surface area contributed by atoms with E-state index in [1.54, 1.807) is 0 Å². The van der Waals surface area contributed by atoms with Crippen molar-refractivity contribution in [2.75, 3.05) is 0 Å². The Morgan fingerprint density at radius 1 is 1.07 bits per heavy atom. The van der Waals surface area contributed by atoms with Crippen LogP contribution in [-0.2, 0) is 0 Å². The molecule has 0 spiro atoms. The van der Waals surface area contributed by atoms with Crippen molar-refractivity contribution < 1.29 is 0 Å². The molecule has 1 nitrogen and oxygen atoms in total. The maximum Gasteiger partial charge on any atom is 0.0349 e. The number of fused-ring (bicyclic) bond motifs is 1. The molecule has 0 amide bonds. The zero-order valence-electron chi connectivity index (χ0n) is 9.99. The smallest absolute Gasteiger partial charge is 0.0349 e. The number of rotatable bonds is 1. The Morgan fingerprint density at radius 3 is 2.47 bits per heavy atom. The van der Waals surface area contributed by atoms with Gasteiger partial charge in [-0.3, -0.25) is 4.98 Å².